The summed E-state index contributed by atoms with van der Waals surface area (Å²) < 4.78 is 25.4. The normalized spacial score (nSPS) is 10.3. The van der Waals surface area contributed by atoms with E-state index in [2.05, 4.69) is 0 Å². The molecule has 0 amide bonds. The van der Waals surface area contributed by atoms with Crippen LogP contribution in [0.5, 0.6) is 5.75 Å². The van der Waals surface area contributed by atoms with Crippen molar-refractivity contribution in [1.29, 1.82) is 0 Å². The van der Waals surface area contributed by atoms with Crippen LogP contribution in [0.25, 0.3) is 0 Å². The molecular weight excluding hydrogens is 211 g/mol. The second-order valence-corrected chi connectivity index (χ2v) is 2.77. The zero-order valence-electron chi connectivity index (χ0n) is 5.54. The van der Waals surface area contributed by atoms with Gasteiger partial charge >= 0.3 is 0 Å². The largest absolute Gasteiger partial charge is 0.503 e. The first-order chi connectivity index (χ1) is 5.46. The molecule has 0 saturated heterocycles. The van der Waals surface area contributed by atoms with E-state index in [4.69, 9.17) is 34.0 Å². The topological polar surface area (TPSA) is 46.2 Å². The Hall–Kier alpha value is -0.740. The standard InChI is InChI=1S/C6H3Cl2F2NO/c7-1-3(9)2(8)5(11)6(12)4(1)10/h12H,11H2. The average molecular weight is 214 g/mol. The second kappa shape index (κ2) is 2.95. The van der Waals surface area contributed by atoms with Gasteiger partial charge in [0.05, 0.1) is 5.69 Å². The summed E-state index contributed by atoms with van der Waals surface area (Å²) in [6.07, 6.45) is 0. The Morgan fingerprint density at radius 2 is 1.58 bits per heavy atom. The lowest BCUT2D eigenvalue weighted by atomic mass is 10.2. The Kier molecular flexibility index (Phi) is 2.30. The number of benzene rings is 1. The maximum Gasteiger partial charge on any atom is 0.188 e. The molecule has 0 saturated carbocycles. The van der Waals surface area contributed by atoms with Gasteiger partial charge in [-0.1, -0.05) is 23.2 Å². The molecule has 0 aromatic heterocycles. The summed E-state index contributed by atoms with van der Waals surface area (Å²) in [7, 11) is 0. The van der Waals surface area contributed by atoms with Gasteiger partial charge < -0.3 is 10.8 Å². The van der Waals surface area contributed by atoms with Gasteiger partial charge in [0.15, 0.2) is 17.4 Å². The molecule has 0 bridgehead atoms. The molecule has 2 nitrogen and oxygen atoms in total. The molecule has 0 aliphatic heterocycles. The fourth-order valence-electron chi connectivity index (χ4n) is 0.637. The van der Waals surface area contributed by atoms with E-state index in [0.717, 1.165) is 0 Å². The van der Waals surface area contributed by atoms with E-state index in [1.807, 2.05) is 0 Å². The van der Waals surface area contributed by atoms with Crippen LogP contribution in [-0.4, -0.2) is 5.11 Å². The van der Waals surface area contributed by atoms with Gasteiger partial charge in [-0.25, -0.2) is 8.78 Å². The van der Waals surface area contributed by atoms with E-state index in [9.17, 15) is 8.78 Å². The van der Waals surface area contributed by atoms with Gasteiger partial charge in [0, 0.05) is 0 Å². The summed E-state index contributed by atoms with van der Waals surface area (Å²) in [6.45, 7) is 0. The number of phenols is 1. The highest BCUT2D eigenvalue weighted by Gasteiger charge is 2.20. The smallest absolute Gasteiger partial charge is 0.188 e. The summed E-state index contributed by atoms with van der Waals surface area (Å²) >= 11 is 10.4. The van der Waals surface area contributed by atoms with Gasteiger partial charge in [0.1, 0.15) is 10.0 Å². The zero-order chi connectivity index (χ0) is 9.46. The van der Waals surface area contributed by atoms with Gasteiger partial charge in [-0.15, -0.1) is 0 Å². The Bertz CT molecular complexity index is 238. The molecule has 3 N–H and O–H groups in total. The molecule has 0 atom stereocenters. The van der Waals surface area contributed by atoms with Crippen LogP contribution in [0.2, 0.25) is 10.0 Å². The number of hydrogen-bond donors (Lipinski definition) is 2. The fraction of sp³-hybridized carbons (Fsp3) is 0. The van der Waals surface area contributed by atoms with Crippen LogP contribution in [0.15, 0.2) is 0 Å². The van der Waals surface area contributed by atoms with Gasteiger partial charge in [-0.05, 0) is 0 Å². The third-order valence-electron chi connectivity index (χ3n) is 1.28. The molecule has 1 aromatic carbocycles. The Labute approximate surface area is 76.5 Å². The summed E-state index contributed by atoms with van der Waals surface area (Å²) in [4.78, 5) is 0. The van der Waals surface area contributed by atoms with Crippen LogP contribution in [0.1, 0.15) is 0 Å². The quantitative estimate of drug-likeness (QED) is 0.301. The highest BCUT2D eigenvalue weighted by Crippen LogP contribution is 2.38. The fourth-order valence-corrected chi connectivity index (χ4v) is 1.05. The Morgan fingerprint density at radius 1 is 1.08 bits per heavy atom. The lowest BCUT2D eigenvalue weighted by molar-refractivity contribution is 0.431. The molecule has 6 heteroatoms. The molecule has 0 radical (unpaired) electrons. The molecule has 0 spiro atoms. The summed E-state index contributed by atoms with van der Waals surface area (Å²) in [6, 6.07) is 0. The maximum absolute atomic E-state index is 12.7. The summed E-state index contributed by atoms with van der Waals surface area (Å²) in [5.74, 6) is -3.42. The van der Waals surface area contributed by atoms with Crippen LogP contribution >= 0.6 is 23.2 Å². The van der Waals surface area contributed by atoms with Crippen LogP contribution in [0.3, 0.4) is 0 Å². The number of halogens is 4. The molecule has 1 aromatic rings. The van der Waals surface area contributed by atoms with Crippen LogP contribution in [-0.2, 0) is 0 Å². The van der Waals surface area contributed by atoms with E-state index in [1.54, 1.807) is 0 Å². The van der Waals surface area contributed by atoms with Gasteiger partial charge in [-0.2, -0.15) is 0 Å². The average Bonchev–Trinajstić information content (AvgIpc) is 2.08. The number of rotatable bonds is 0. The maximum atomic E-state index is 12.7. The highest BCUT2D eigenvalue weighted by atomic mass is 35.5. The number of aromatic hydroxyl groups is 1. The summed E-state index contributed by atoms with van der Waals surface area (Å²) in [5, 5.41) is 7.40. The number of phenolic OH excluding ortho intramolecular Hbond substituents is 1. The van der Waals surface area contributed by atoms with Crippen molar-refractivity contribution in [3.63, 3.8) is 0 Å². The Morgan fingerprint density at radius 3 is 2.08 bits per heavy atom. The van der Waals surface area contributed by atoms with Crippen molar-refractivity contribution in [3.8, 4) is 5.75 Å². The third kappa shape index (κ3) is 1.17. The molecule has 0 aliphatic rings. The third-order valence-corrected chi connectivity index (χ3v) is 1.98. The number of nitrogens with two attached hydrogens (primary N) is 1. The minimum atomic E-state index is -1.31. The number of hydrogen-bond acceptors (Lipinski definition) is 2. The van der Waals surface area contributed by atoms with Gasteiger partial charge in [0.2, 0.25) is 0 Å². The lowest BCUT2D eigenvalue weighted by Crippen LogP contribution is -1.95. The predicted octanol–water partition coefficient (Wildman–Crippen LogP) is 2.56. The number of anilines is 1. The monoisotopic (exact) mass is 213 g/mol. The van der Waals surface area contributed by atoms with Crippen molar-refractivity contribution in [2.45, 2.75) is 0 Å². The van der Waals surface area contributed by atoms with E-state index >= 15 is 0 Å². The molecule has 0 heterocycles. The molecule has 66 valence electrons. The van der Waals surface area contributed by atoms with Crippen molar-refractivity contribution in [1.82, 2.24) is 0 Å². The van der Waals surface area contributed by atoms with Crippen molar-refractivity contribution < 1.29 is 13.9 Å². The van der Waals surface area contributed by atoms with Crippen molar-refractivity contribution in [2.75, 3.05) is 5.73 Å². The van der Waals surface area contributed by atoms with E-state index in [1.165, 1.54) is 0 Å². The number of nitrogen functional groups attached to an aromatic ring is 1. The van der Waals surface area contributed by atoms with Gasteiger partial charge in [-0.3, -0.25) is 0 Å². The van der Waals surface area contributed by atoms with Crippen molar-refractivity contribution >= 4 is 28.9 Å². The first-order valence-electron chi connectivity index (χ1n) is 2.77. The second-order valence-electron chi connectivity index (χ2n) is 2.02. The molecule has 0 aliphatic carbocycles. The first-order valence-corrected chi connectivity index (χ1v) is 3.52. The molecule has 0 unspecified atom stereocenters. The minimum absolute atomic E-state index is 0.559. The highest BCUT2D eigenvalue weighted by molar-refractivity contribution is 6.37. The first kappa shape index (κ1) is 9.35. The zero-order valence-corrected chi connectivity index (χ0v) is 7.05. The lowest BCUT2D eigenvalue weighted by Gasteiger charge is -2.05. The SMILES string of the molecule is Nc1c(O)c(F)c(Cl)c(F)c1Cl. The molecule has 12 heavy (non-hydrogen) atoms. The van der Waals surface area contributed by atoms with Crippen LogP contribution < -0.4 is 5.73 Å². The van der Waals surface area contributed by atoms with E-state index < -0.39 is 33.1 Å². The van der Waals surface area contributed by atoms with Crippen molar-refractivity contribution in [2.24, 2.45) is 0 Å². The Balaban J connectivity index is 3.60. The molecule has 0 fully saturated rings. The van der Waals surface area contributed by atoms with Crippen LogP contribution in [0, 0.1) is 11.6 Å². The van der Waals surface area contributed by atoms with E-state index in [-0.39, 0.29) is 0 Å². The van der Waals surface area contributed by atoms with Gasteiger partial charge in [0.25, 0.3) is 0 Å². The molecule has 1 rings (SSSR count). The summed E-state index contributed by atoms with van der Waals surface area (Å²) in [5.41, 5.74) is 4.47. The van der Waals surface area contributed by atoms with E-state index in [0.29, 0.717) is 0 Å². The molecular formula is C6H3Cl2F2NO. The van der Waals surface area contributed by atoms with Crippen LogP contribution in [0.4, 0.5) is 14.5 Å². The van der Waals surface area contributed by atoms with Crippen molar-refractivity contribution in [3.05, 3.63) is 21.7 Å². The minimum Gasteiger partial charge on any atom is -0.503 e. The predicted molar refractivity (Wildman–Crippen MR) is 42.5 cm³/mol.